The quantitative estimate of drug-likeness (QED) is 0.699. The molecule has 0 radical (unpaired) electrons. The van der Waals surface area contributed by atoms with Gasteiger partial charge in [0.1, 0.15) is 5.75 Å². The predicted octanol–water partition coefficient (Wildman–Crippen LogP) is 3.62. The van der Waals surface area contributed by atoms with Crippen LogP contribution in [0.3, 0.4) is 0 Å². The molecule has 1 amide bonds. The van der Waals surface area contributed by atoms with E-state index >= 15 is 0 Å². The molecular formula is C18H19N3O3S. The predicted molar refractivity (Wildman–Crippen MR) is 95.5 cm³/mol. The zero-order valence-electron chi connectivity index (χ0n) is 14.1. The molecule has 2 heterocycles. The summed E-state index contributed by atoms with van der Waals surface area (Å²) in [6.07, 6.45) is 0.714. The van der Waals surface area contributed by atoms with Gasteiger partial charge in [0.05, 0.1) is 18.0 Å². The lowest BCUT2D eigenvalue weighted by molar-refractivity contribution is -0.121. The summed E-state index contributed by atoms with van der Waals surface area (Å²) in [4.78, 5) is 17.4. The normalized spacial score (nSPS) is 11.9. The highest BCUT2D eigenvalue weighted by Crippen LogP contribution is 2.21. The van der Waals surface area contributed by atoms with E-state index < -0.39 is 0 Å². The molecule has 1 unspecified atom stereocenters. The van der Waals surface area contributed by atoms with Gasteiger partial charge in [-0.1, -0.05) is 23.4 Å². The van der Waals surface area contributed by atoms with Gasteiger partial charge >= 0.3 is 0 Å². The molecule has 25 heavy (non-hydrogen) atoms. The molecule has 0 aliphatic rings. The number of nitrogens with one attached hydrogen (secondary N) is 1. The van der Waals surface area contributed by atoms with Crippen molar-refractivity contribution < 1.29 is 14.1 Å². The van der Waals surface area contributed by atoms with Gasteiger partial charge in [-0.3, -0.25) is 4.79 Å². The molecule has 0 spiro atoms. The number of hydrogen-bond donors (Lipinski definition) is 1. The number of nitrogens with zero attached hydrogens (tertiary/aromatic N) is 2. The average molecular weight is 357 g/mol. The zero-order valence-corrected chi connectivity index (χ0v) is 14.9. The van der Waals surface area contributed by atoms with Crippen LogP contribution >= 0.6 is 11.3 Å². The second kappa shape index (κ2) is 7.94. The summed E-state index contributed by atoms with van der Waals surface area (Å²) in [5.74, 6) is 1.77. The van der Waals surface area contributed by atoms with Crippen molar-refractivity contribution in [1.29, 1.82) is 0 Å². The lowest BCUT2D eigenvalue weighted by atomic mass is 10.1. The lowest BCUT2D eigenvalue weighted by Gasteiger charge is -2.14. The topological polar surface area (TPSA) is 77.2 Å². The van der Waals surface area contributed by atoms with Crippen molar-refractivity contribution >= 4 is 17.2 Å². The third kappa shape index (κ3) is 4.45. The Kier molecular flexibility index (Phi) is 5.45. The van der Waals surface area contributed by atoms with Crippen molar-refractivity contribution in [3.8, 4) is 16.5 Å². The Morgan fingerprint density at radius 3 is 2.80 bits per heavy atom. The third-order valence-electron chi connectivity index (χ3n) is 3.77. The minimum Gasteiger partial charge on any atom is -0.497 e. The number of benzene rings is 1. The molecule has 1 aromatic carbocycles. The molecule has 0 fully saturated rings. The molecule has 1 N–H and O–H groups in total. The van der Waals surface area contributed by atoms with Crippen LogP contribution in [0.15, 0.2) is 46.3 Å². The monoisotopic (exact) mass is 357 g/mol. The first kappa shape index (κ1) is 17.2. The number of hydrogen-bond acceptors (Lipinski definition) is 6. The first-order chi connectivity index (χ1) is 12.2. The smallest absolute Gasteiger partial charge is 0.227 e. The summed E-state index contributed by atoms with van der Waals surface area (Å²) < 4.78 is 10.3. The Labute approximate surface area is 149 Å². The largest absolute Gasteiger partial charge is 0.497 e. The van der Waals surface area contributed by atoms with E-state index in [-0.39, 0.29) is 11.9 Å². The summed E-state index contributed by atoms with van der Waals surface area (Å²) >= 11 is 1.55. The average Bonchev–Trinajstić information content (AvgIpc) is 3.31. The second-order valence-electron chi connectivity index (χ2n) is 5.55. The molecule has 0 aliphatic carbocycles. The zero-order chi connectivity index (χ0) is 17.6. The fourth-order valence-corrected chi connectivity index (χ4v) is 3.02. The van der Waals surface area contributed by atoms with E-state index in [0.717, 1.165) is 16.2 Å². The summed E-state index contributed by atoms with van der Waals surface area (Å²) in [7, 11) is 1.63. The minimum atomic E-state index is -0.0808. The molecule has 2 aromatic heterocycles. The molecule has 0 saturated heterocycles. The van der Waals surface area contributed by atoms with Crippen LogP contribution in [-0.4, -0.2) is 23.2 Å². The molecule has 0 aliphatic heterocycles. The minimum absolute atomic E-state index is 0.0563. The van der Waals surface area contributed by atoms with Crippen LogP contribution in [0.2, 0.25) is 0 Å². The SMILES string of the molecule is COc1ccc(C(C)NC(=O)CCc2nc(-c3cccs3)no2)cc1. The van der Waals surface area contributed by atoms with E-state index in [1.54, 1.807) is 18.4 Å². The molecule has 0 bridgehead atoms. The maximum absolute atomic E-state index is 12.1. The van der Waals surface area contributed by atoms with Gasteiger partial charge in [-0.2, -0.15) is 4.98 Å². The fraction of sp³-hybridized carbons (Fsp3) is 0.278. The Morgan fingerprint density at radius 1 is 1.32 bits per heavy atom. The molecule has 1 atom stereocenters. The van der Waals surface area contributed by atoms with Gasteiger partial charge in [0.15, 0.2) is 0 Å². The Bertz CT molecular complexity index is 812. The number of ether oxygens (including phenoxy) is 1. The van der Waals surface area contributed by atoms with Gasteiger partial charge in [0, 0.05) is 12.8 Å². The molecule has 130 valence electrons. The van der Waals surface area contributed by atoms with Crippen molar-refractivity contribution in [2.75, 3.05) is 7.11 Å². The number of thiophene rings is 1. The lowest BCUT2D eigenvalue weighted by Crippen LogP contribution is -2.26. The number of amides is 1. The number of aromatic nitrogens is 2. The van der Waals surface area contributed by atoms with E-state index in [1.807, 2.05) is 48.7 Å². The van der Waals surface area contributed by atoms with Crippen LogP contribution in [0.4, 0.5) is 0 Å². The third-order valence-corrected chi connectivity index (χ3v) is 4.63. The number of methoxy groups -OCH3 is 1. The van der Waals surface area contributed by atoms with Crippen LogP contribution in [0.25, 0.3) is 10.7 Å². The van der Waals surface area contributed by atoms with Gasteiger partial charge in [-0.15, -0.1) is 11.3 Å². The van der Waals surface area contributed by atoms with E-state index in [1.165, 1.54) is 0 Å². The molecular weight excluding hydrogens is 338 g/mol. The van der Waals surface area contributed by atoms with Crippen molar-refractivity contribution in [3.63, 3.8) is 0 Å². The Balaban J connectivity index is 1.50. The van der Waals surface area contributed by atoms with Crippen molar-refractivity contribution in [1.82, 2.24) is 15.5 Å². The fourth-order valence-electron chi connectivity index (χ4n) is 2.37. The molecule has 7 heteroatoms. The number of carbonyl (C=O) groups excluding carboxylic acids is 1. The van der Waals surface area contributed by atoms with E-state index in [2.05, 4.69) is 15.5 Å². The van der Waals surface area contributed by atoms with Gasteiger partial charge in [-0.25, -0.2) is 0 Å². The molecule has 0 saturated carbocycles. The van der Waals surface area contributed by atoms with Gasteiger partial charge < -0.3 is 14.6 Å². The maximum atomic E-state index is 12.1. The van der Waals surface area contributed by atoms with Crippen molar-refractivity contribution in [3.05, 3.63) is 53.2 Å². The summed E-state index contributed by atoms with van der Waals surface area (Å²) in [5, 5.41) is 8.87. The number of rotatable bonds is 7. The Hall–Kier alpha value is -2.67. The highest BCUT2D eigenvalue weighted by Gasteiger charge is 2.13. The number of aryl methyl sites for hydroxylation is 1. The molecule has 3 aromatic rings. The van der Waals surface area contributed by atoms with Crippen LogP contribution in [0.1, 0.15) is 30.8 Å². The van der Waals surface area contributed by atoms with E-state index in [4.69, 9.17) is 9.26 Å². The second-order valence-corrected chi connectivity index (χ2v) is 6.50. The number of carbonyl (C=O) groups is 1. The summed E-state index contributed by atoms with van der Waals surface area (Å²) in [6.45, 7) is 1.95. The first-order valence-corrected chi connectivity index (χ1v) is 8.83. The highest BCUT2D eigenvalue weighted by atomic mass is 32.1. The van der Waals surface area contributed by atoms with Gasteiger partial charge in [0.2, 0.25) is 17.6 Å². The molecule has 3 rings (SSSR count). The standard InChI is InChI=1S/C18H19N3O3S/c1-12(13-5-7-14(23-2)8-6-13)19-16(22)9-10-17-20-18(21-24-17)15-4-3-11-25-15/h3-8,11-12H,9-10H2,1-2H3,(H,19,22). The summed E-state index contributed by atoms with van der Waals surface area (Å²) in [6, 6.07) is 11.4. The van der Waals surface area contributed by atoms with E-state index in [9.17, 15) is 4.79 Å². The highest BCUT2D eigenvalue weighted by molar-refractivity contribution is 7.13. The Morgan fingerprint density at radius 2 is 2.12 bits per heavy atom. The van der Waals surface area contributed by atoms with Crippen molar-refractivity contribution in [2.45, 2.75) is 25.8 Å². The van der Waals surface area contributed by atoms with Crippen LogP contribution in [0, 0.1) is 0 Å². The van der Waals surface area contributed by atoms with Gasteiger partial charge in [-0.05, 0) is 36.1 Å². The summed E-state index contributed by atoms with van der Waals surface area (Å²) in [5.41, 5.74) is 1.02. The van der Waals surface area contributed by atoms with Gasteiger partial charge in [0.25, 0.3) is 0 Å². The van der Waals surface area contributed by atoms with Crippen LogP contribution < -0.4 is 10.1 Å². The molecule has 6 nitrogen and oxygen atoms in total. The first-order valence-electron chi connectivity index (χ1n) is 7.95. The van der Waals surface area contributed by atoms with Crippen LogP contribution in [0.5, 0.6) is 5.75 Å². The van der Waals surface area contributed by atoms with Crippen molar-refractivity contribution in [2.24, 2.45) is 0 Å². The van der Waals surface area contributed by atoms with E-state index in [0.29, 0.717) is 24.6 Å². The maximum Gasteiger partial charge on any atom is 0.227 e. The van der Waals surface area contributed by atoms with Crippen LogP contribution in [-0.2, 0) is 11.2 Å².